The lowest BCUT2D eigenvalue weighted by molar-refractivity contribution is -0.122. The number of hydrogen-bond donors (Lipinski definition) is 1. The van der Waals surface area contributed by atoms with Gasteiger partial charge in [0.1, 0.15) is 11.6 Å². The zero-order valence-electron chi connectivity index (χ0n) is 15.3. The number of hydrogen-bond acceptors (Lipinski definition) is 5. The zero-order chi connectivity index (χ0) is 20.1. The predicted octanol–water partition coefficient (Wildman–Crippen LogP) is 2.25. The Hall–Kier alpha value is -2.49. The zero-order valence-corrected chi connectivity index (χ0v) is 16.1. The summed E-state index contributed by atoms with van der Waals surface area (Å²) in [6, 6.07) is 11.4. The molecule has 9 heteroatoms. The third-order valence-electron chi connectivity index (χ3n) is 4.21. The second kappa shape index (κ2) is 8.68. The normalized spacial score (nSPS) is 16.4. The van der Waals surface area contributed by atoms with Crippen LogP contribution in [0, 0.1) is 5.82 Å². The maximum atomic E-state index is 12.9. The molecular formula is C19H21FN2O5S. The van der Waals surface area contributed by atoms with E-state index in [2.05, 4.69) is 5.32 Å². The van der Waals surface area contributed by atoms with E-state index in [4.69, 9.17) is 9.47 Å². The fraction of sp³-hybridized carbons (Fsp3) is 0.316. The van der Waals surface area contributed by atoms with Crippen molar-refractivity contribution in [3.8, 4) is 5.75 Å². The second-order valence-corrected chi connectivity index (χ2v) is 8.19. The minimum absolute atomic E-state index is 0.0966. The molecule has 0 aromatic heterocycles. The summed E-state index contributed by atoms with van der Waals surface area (Å²) in [4.78, 5) is 12.5. The number of rotatable bonds is 6. The number of anilines is 1. The first-order valence-corrected chi connectivity index (χ1v) is 10.2. The van der Waals surface area contributed by atoms with Crippen molar-refractivity contribution in [2.75, 3.05) is 31.6 Å². The van der Waals surface area contributed by atoms with E-state index in [-0.39, 0.29) is 4.90 Å². The number of nitrogens with zero attached hydrogens (tertiary/aromatic N) is 1. The van der Waals surface area contributed by atoms with Crippen LogP contribution >= 0.6 is 0 Å². The minimum atomic E-state index is -3.66. The molecule has 150 valence electrons. The summed E-state index contributed by atoms with van der Waals surface area (Å²) < 4.78 is 50.4. The van der Waals surface area contributed by atoms with E-state index in [0.29, 0.717) is 37.7 Å². The van der Waals surface area contributed by atoms with Crippen LogP contribution in [0.4, 0.5) is 10.1 Å². The highest BCUT2D eigenvalue weighted by Gasteiger charge is 2.26. The number of morpholine rings is 1. The average Bonchev–Trinajstić information content (AvgIpc) is 2.70. The number of amides is 1. The fourth-order valence-electron chi connectivity index (χ4n) is 2.69. The van der Waals surface area contributed by atoms with Crippen LogP contribution in [0.5, 0.6) is 5.75 Å². The highest BCUT2D eigenvalue weighted by molar-refractivity contribution is 7.89. The summed E-state index contributed by atoms with van der Waals surface area (Å²) in [6.45, 7) is 2.84. The van der Waals surface area contributed by atoms with Gasteiger partial charge in [-0.3, -0.25) is 4.79 Å². The van der Waals surface area contributed by atoms with Crippen LogP contribution in [-0.2, 0) is 19.6 Å². The molecule has 0 spiro atoms. The van der Waals surface area contributed by atoms with Gasteiger partial charge in [-0.1, -0.05) is 6.07 Å². The van der Waals surface area contributed by atoms with Gasteiger partial charge in [-0.25, -0.2) is 12.8 Å². The molecule has 1 N–H and O–H groups in total. The van der Waals surface area contributed by atoms with Crippen molar-refractivity contribution in [3.05, 3.63) is 54.3 Å². The van der Waals surface area contributed by atoms with Gasteiger partial charge in [0, 0.05) is 18.8 Å². The molecule has 1 fully saturated rings. The van der Waals surface area contributed by atoms with Gasteiger partial charge in [0.2, 0.25) is 10.0 Å². The van der Waals surface area contributed by atoms with Crippen molar-refractivity contribution in [2.45, 2.75) is 17.9 Å². The van der Waals surface area contributed by atoms with Gasteiger partial charge in [0.05, 0.1) is 18.1 Å². The van der Waals surface area contributed by atoms with E-state index in [1.54, 1.807) is 19.1 Å². The highest BCUT2D eigenvalue weighted by Crippen LogP contribution is 2.21. The Kier molecular flexibility index (Phi) is 6.28. The molecule has 0 saturated carbocycles. The summed E-state index contributed by atoms with van der Waals surface area (Å²) in [5.41, 5.74) is 0.342. The van der Waals surface area contributed by atoms with E-state index in [9.17, 15) is 17.6 Å². The molecule has 0 unspecified atom stereocenters. The largest absolute Gasteiger partial charge is 0.481 e. The van der Waals surface area contributed by atoms with Crippen molar-refractivity contribution in [1.29, 1.82) is 0 Å². The maximum Gasteiger partial charge on any atom is 0.265 e. The predicted molar refractivity (Wildman–Crippen MR) is 101 cm³/mol. The topological polar surface area (TPSA) is 84.9 Å². The second-order valence-electron chi connectivity index (χ2n) is 6.25. The molecule has 1 saturated heterocycles. The van der Waals surface area contributed by atoms with Gasteiger partial charge in [0.25, 0.3) is 5.91 Å². The molecule has 0 bridgehead atoms. The summed E-state index contributed by atoms with van der Waals surface area (Å²) in [6.07, 6.45) is -0.857. The molecule has 1 heterocycles. The maximum absolute atomic E-state index is 12.9. The van der Waals surface area contributed by atoms with Crippen LogP contribution < -0.4 is 10.1 Å². The van der Waals surface area contributed by atoms with Crippen LogP contribution in [0.25, 0.3) is 0 Å². The smallest absolute Gasteiger partial charge is 0.265 e. The van der Waals surface area contributed by atoms with Crippen molar-refractivity contribution in [2.24, 2.45) is 0 Å². The number of ether oxygens (including phenoxy) is 2. The van der Waals surface area contributed by atoms with Gasteiger partial charge in [-0.05, 0) is 49.4 Å². The standard InChI is InChI=1S/C19H21FN2O5S/c1-14(27-17-7-5-15(20)6-8-17)19(23)21-16-3-2-4-18(13-16)28(24,25)22-9-11-26-12-10-22/h2-8,13-14H,9-12H2,1H3,(H,21,23)/t14-/m1/s1. The Morgan fingerprint density at radius 1 is 1.18 bits per heavy atom. The number of halogens is 1. The molecule has 0 aliphatic carbocycles. The third-order valence-corrected chi connectivity index (χ3v) is 6.10. The third kappa shape index (κ3) is 4.86. The first-order valence-electron chi connectivity index (χ1n) is 8.77. The molecule has 3 rings (SSSR count). The lowest BCUT2D eigenvalue weighted by Crippen LogP contribution is -2.40. The summed E-state index contributed by atoms with van der Waals surface area (Å²) in [5.74, 6) is -0.499. The van der Waals surface area contributed by atoms with Crippen LogP contribution in [0.1, 0.15) is 6.92 Å². The van der Waals surface area contributed by atoms with E-state index in [1.807, 2.05) is 0 Å². The van der Waals surface area contributed by atoms with Crippen LogP contribution in [-0.4, -0.2) is 51.0 Å². The van der Waals surface area contributed by atoms with Gasteiger partial charge in [-0.2, -0.15) is 4.31 Å². The molecule has 2 aromatic rings. The monoisotopic (exact) mass is 408 g/mol. The Bertz CT molecular complexity index is 928. The Morgan fingerprint density at radius 2 is 1.86 bits per heavy atom. The van der Waals surface area contributed by atoms with Crippen molar-refractivity contribution < 1.29 is 27.1 Å². The van der Waals surface area contributed by atoms with Crippen LogP contribution in [0.2, 0.25) is 0 Å². The number of carbonyl (C=O) groups is 1. The first kappa shape index (κ1) is 20.2. The number of benzene rings is 2. The van der Waals surface area contributed by atoms with Crippen molar-refractivity contribution >= 4 is 21.6 Å². The quantitative estimate of drug-likeness (QED) is 0.793. The molecule has 1 aliphatic rings. The first-order chi connectivity index (χ1) is 13.4. The molecule has 1 atom stereocenters. The van der Waals surface area contributed by atoms with Crippen LogP contribution in [0.3, 0.4) is 0 Å². The van der Waals surface area contributed by atoms with Gasteiger partial charge >= 0.3 is 0 Å². The minimum Gasteiger partial charge on any atom is -0.481 e. The van der Waals surface area contributed by atoms with E-state index >= 15 is 0 Å². The van der Waals surface area contributed by atoms with Crippen molar-refractivity contribution in [1.82, 2.24) is 4.31 Å². The molecule has 1 amide bonds. The Balaban J connectivity index is 1.68. The summed E-state index contributed by atoms with van der Waals surface area (Å²) >= 11 is 0. The lowest BCUT2D eigenvalue weighted by Gasteiger charge is -2.26. The molecular weight excluding hydrogens is 387 g/mol. The number of sulfonamides is 1. The lowest BCUT2D eigenvalue weighted by atomic mass is 10.3. The molecule has 2 aromatic carbocycles. The van der Waals surface area contributed by atoms with Crippen molar-refractivity contribution in [3.63, 3.8) is 0 Å². The molecule has 7 nitrogen and oxygen atoms in total. The molecule has 28 heavy (non-hydrogen) atoms. The fourth-order valence-corrected chi connectivity index (χ4v) is 4.14. The van der Waals surface area contributed by atoms with Gasteiger partial charge in [0.15, 0.2) is 6.10 Å². The van der Waals surface area contributed by atoms with E-state index in [0.717, 1.165) is 0 Å². The number of nitrogens with one attached hydrogen (secondary N) is 1. The van der Waals surface area contributed by atoms with E-state index in [1.165, 1.54) is 40.7 Å². The molecule has 1 aliphatic heterocycles. The highest BCUT2D eigenvalue weighted by atomic mass is 32.2. The summed E-state index contributed by atoms with van der Waals surface area (Å²) in [5, 5.41) is 2.64. The Labute approximate surface area is 163 Å². The summed E-state index contributed by atoms with van der Waals surface area (Å²) in [7, 11) is -3.66. The number of carbonyl (C=O) groups excluding carboxylic acids is 1. The molecule has 0 radical (unpaired) electrons. The van der Waals surface area contributed by atoms with Crippen LogP contribution in [0.15, 0.2) is 53.4 Å². The SMILES string of the molecule is C[C@@H](Oc1ccc(F)cc1)C(=O)Nc1cccc(S(=O)(=O)N2CCOCC2)c1. The average molecular weight is 408 g/mol. The Morgan fingerprint density at radius 3 is 2.54 bits per heavy atom. The van der Waals surface area contributed by atoms with Gasteiger partial charge < -0.3 is 14.8 Å². The van der Waals surface area contributed by atoms with Gasteiger partial charge in [-0.15, -0.1) is 0 Å². The van der Waals surface area contributed by atoms with E-state index < -0.39 is 27.9 Å².